The summed E-state index contributed by atoms with van der Waals surface area (Å²) in [5.74, 6) is 0.779. The maximum absolute atomic E-state index is 11.1. The van der Waals surface area contributed by atoms with Crippen LogP contribution in [-0.2, 0) is 0 Å². The summed E-state index contributed by atoms with van der Waals surface area (Å²) in [6.07, 6.45) is 0. The highest BCUT2D eigenvalue weighted by Crippen LogP contribution is 2.33. The molecule has 2 rings (SSSR count). The molecule has 8 nitrogen and oxygen atoms in total. The third-order valence-corrected chi connectivity index (χ3v) is 2.68. The first-order chi connectivity index (χ1) is 10.0. The van der Waals surface area contributed by atoms with E-state index in [1.54, 1.807) is 19.1 Å². The van der Waals surface area contributed by atoms with Crippen LogP contribution in [0.2, 0.25) is 0 Å². The van der Waals surface area contributed by atoms with Crippen LogP contribution in [0, 0.1) is 17.0 Å². The molecule has 0 saturated heterocycles. The van der Waals surface area contributed by atoms with E-state index >= 15 is 0 Å². The minimum absolute atomic E-state index is 0.0266. The number of benzene rings is 1. The van der Waals surface area contributed by atoms with Gasteiger partial charge in [0.15, 0.2) is 0 Å². The molecule has 0 unspecified atom stereocenters. The average molecular weight is 289 g/mol. The van der Waals surface area contributed by atoms with Crippen LogP contribution in [-0.4, -0.2) is 21.4 Å². The number of aryl methyl sites for hydroxylation is 1. The zero-order valence-corrected chi connectivity index (χ0v) is 11.7. The second-order valence-corrected chi connectivity index (χ2v) is 4.26. The number of para-hydroxylation sites is 1. The van der Waals surface area contributed by atoms with Crippen LogP contribution in [0.3, 0.4) is 0 Å². The van der Waals surface area contributed by atoms with Gasteiger partial charge < -0.3 is 15.8 Å². The maximum Gasteiger partial charge on any atom is 0.314 e. The van der Waals surface area contributed by atoms with E-state index in [1.165, 1.54) is 12.1 Å². The molecule has 110 valence electrons. The summed E-state index contributed by atoms with van der Waals surface area (Å²) in [6, 6.07) is 6.36. The van der Waals surface area contributed by atoms with Crippen LogP contribution in [0.1, 0.15) is 12.5 Å². The lowest BCUT2D eigenvalue weighted by atomic mass is 10.2. The molecule has 1 aromatic carbocycles. The monoisotopic (exact) mass is 289 g/mol. The second kappa shape index (κ2) is 6.04. The predicted molar refractivity (Wildman–Crippen MR) is 78.5 cm³/mol. The first-order valence-electron chi connectivity index (χ1n) is 6.31. The van der Waals surface area contributed by atoms with Crippen LogP contribution >= 0.6 is 0 Å². The Kier molecular flexibility index (Phi) is 4.17. The first-order valence-corrected chi connectivity index (χ1v) is 6.31. The van der Waals surface area contributed by atoms with Crippen molar-refractivity contribution in [2.75, 3.05) is 17.6 Å². The summed E-state index contributed by atoms with van der Waals surface area (Å²) in [7, 11) is 0. The first kappa shape index (κ1) is 14.5. The molecule has 1 aromatic heterocycles. The lowest BCUT2D eigenvalue weighted by Gasteiger charge is -2.09. The molecular weight excluding hydrogens is 274 g/mol. The van der Waals surface area contributed by atoms with E-state index in [2.05, 4.69) is 15.3 Å². The normalized spacial score (nSPS) is 10.2. The minimum atomic E-state index is -0.486. The highest BCUT2D eigenvalue weighted by atomic mass is 16.6. The Balaban J connectivity index is 2.38. The van der Waals surface area contributed by atoms with Crippen LogP contribution in [0.25, 0.3) is 0 Å². The fourth-order valence-corrected chi connectivity index (χ4v) is 1.83. The van der Waals surface area contributed by atoms with Gasteiger partial charge in [-0.3, -0.25) is 10.1 Å². The van der Waals surface area contributed by atoms with Crippen LogP contribution in [0.4, 0.5) is 17.5 Å². The van der Waals surface area contributed by atoms with Gasteiger partial charge in [0.05, 0.1) is 4.92 Å². The van der Waals surface area contributed by atoms with Gasteiger partial charge in [0, 0.05) is 18.2 Å². The van der Waals surface area contributed by atoms with Crippen LogP contribution in [0.15, 0.2) is 24.3 Å². The molecule has 0 aliphatic rings. The highest BCUT2D eigenvalue weighted by Gasteiger charge is 2.19. The van der Waals surface area contributed by atoms with Gasteiger partial charge in [-0.25, -0.2) is 0 Å². The molecule has 0 amide bonds. The van der Waals surface area contributed by atoms with Crippen molar-refractivity contribution < 1.29 is 9.66 Å². The summed E-state index contributed by atoms with van der Waals surface area (Å²) < 4.78 is 5.51. The van der Waals surface area contributed by atoms with Gasteiger partial charge in [-0.2, -0.15) is 9.97 Å². The van der Waals surface area contributed by atoms with Gasteiger partial charge in [-0.1, -0.05) is 12.1 Å². The Bertz CT molecular complexity index is 675. The molecule has 3 N–H and O–H groups in total. The Morgan fingerprint density at radius 3 is 2.86 bits per heavy atom. The Morgan fingerprint density at radius 2 is 2.19 bits per heavy atom. The molecule has 0 saturated carbocycles. The van der Waals surface area contributed by atoms with Crippen molar-refractivity contribution in [2.24, 2.45) is 0 Å². The average Bonchev–Trinajstić information content (AvgIpc) is 2.37. The molecule has 0 aliphatic carbocycles. The molecule has 0 aliphatic heterocycles. The van der Waals surface area contributed by atoms with E-state index < -0.39 is 4.92 Å². The smallest absolute Gasteiger partial charge is 0.314 e. The number of nitrogens with one attached hydrogen (secondary N) is 1. The van der Waals surface area contributed by atoms with Gasteiger partial charge in [0.1, 0.15) is 5.82 Å². The number of rotatable bonds is 5. The van der Waals surface area contributed by atoms with Crippen molar-refractivity contribution in [3.8, 4) is 11.6 Å². The largest absolute Gasteiger partial charge is 0.432 e. The number of nitrogens with zero attached hydrogens (tertiary/aromatic N) is 3. The van der Waals surface area contributed by atoms with Crippen molar-refractivity contribution in [3.05, 3.63) is 39.9 Å². The number of ether oxygens (including phenoxy) is 1. The van der Waals surface area contributed by atoms with Crippen molar-refractivity contribution in [2.45, 2.75) is 13.8 Å². The number of nitro benzene ring substituents is 1. The summed E-state index contributed by atoms with van der Waals surface area (Å²) in [5, 5.41) is 14.1. The third kappa shape index (κ3) is 3.35. The summed E-state index contributed by atoms with van der Waals surface area (Å²) in [4.78, 5) is 18.5. The zero-order chi connectivity index (χ0) is 15.4. The van der Waals surface area contributed by atoms with Crippen molar-refractivity contribution in [3.63, 3.8) is 0 Å². The number of hydrogen-bond donors (Lipinski definition) is 2. The van der Waals surface area contributed by atoms with Crippen molar-refractivity contribution in [1.82, 2.24) is 9.97 Å². The van der Waals surface area contributed by atoms with Crippen molar-refractivity contribution in [1.29, 1.82) is 0 Å². The van der Waals surface area contributed by atoms with E-state index in [9.17, 15) is 10.1 Å². The van der Waals surface area contributed by atoms with Crippen molar-refractivity contribution >= 4 is 17.5 Å². The topological polar surface area (TPSA) is 116 Å². The highest BCUT2D eigenvalue weighted by molar-refractivity contribution is 5.54. The van der Waals surface area contributed by atoms with Gasteiger partial charge in [-0.15, -0.1) is 0 Å². The molecule has 0 bridgehead atoms. The van der Waals surface area contributed by atoms with Crippen LogP contribution < -0.4 is 15.8 Å². The number of anilines is 2. The summed E-state index contributed by atoms with van der Waals surface area (Å²) >= 11 is 0. The molecule has 0 atom stereocenters. The zero-order valence-electron chi connectivity index (χ0n) is 11.7. The van der Waals surface area contributed by atoms with E-state index in [-0.39, 0.29) is 23.3 Å². The molecule has 0 spiro atoms. The quantitative estimate of drug-likeness (QED) is 0.641. The van der Waals surface area contributed by atoms with E-state index in [0.717, 1.165) is 0 Å². The minimum Gasteiger partial charge on any atom is -0.432 e. The number of aromatic nitrogens is 2. The molecule has 0 fully saturated rings. The fraction of sp³-hybridized carbons (Fsp3) is 0.231. The standard InChI is InChI=1S/C13H15N5O3/c1-3-15-10-7-11(17-13(14)16-10)21-9-6-4-5-8(2)12(9)18(19)20/h4-7H,3H2,1-2H3,(H3,14,15,16,17). The molecule has 1 heterocycles. The molecule has 0 radical (unpaired) electrons. The SMILES string of the molecule is CCNc1cc(Oc2cccc(C)c2[N+](=O)[O-])nc(N)n1. The number of nitrogen functional groups attached to an aromatic ring is 1. The van der Waals surface area contributed by atoms with Gasteiger partial charge in [0.2, 0.25) is 17.6 Å². The van der Waals surface area contributed by atoms with E-state index in [4.69, 9.17) is 10.5 Å². The molecule has 2 aromatic rings. The van der Waals surface area contributed by atoms with Gasteiger partial charge >= 0.3 is 5.69 Å². The predicted octanol–water partition coefficient (Wildman–Crippen LogP) is 2.50. The van der Waals surface area contributed by atoms with Gasteiger partial charge in [0.25, 0.3) is 0 Å². The Morgan fingerprint density at radius 1 is 1.43 bits per heavy atom. The molecule has 8 heteroatoms. The number of nitrogens with two attached hydrogens (primary N) is 1. The lowest BCUT2D eigenvalue weighted by Crippen LogP contribution is -2.04. The Hall–Kier alpha value is -2.90. The molecule has 21 heavy (non-hydrogen) atoms. The maximum atomic E-state index is 11.1. The van der Waals surface area contributed by atoms with E-state index in [1.807, 2.05) is 6.92 Å². The van der Waals surface area contributed by atoms with Crippen LogP contribution in [0.5, 0.6) is 11.6 Å². The Labute approximate surface area is 121 Å². The summed E-state index contributed by atoms with van der Waals surface area (Å²) in [6.45, 7) is 4.20. The fourth-order valence-electron chi connectivity index (χ4n) is 1.83. The second-order valence-electron chi connectivity index (χ2n) is 4.26. The number of nitro groups is 1. The lowest BCUT2D eigenvalue weighted by molar-refractivity contribution is -0.386. The number of hydrogen-bond acceptors (Lipinski definition) is 7. The van der Waals surface area contributed by atoms with Gasteiger partial charge in [-0.05, 0) is 19.9 Å². The third-order valence-electron chi connectivity index (χ3n) is 2.68. The molecular formula is C13H15N5O3. The van der Waals surface area contributed by atoms with E-state index in [0.29, 0.717) is 17.9 Å². The summed E-state index contributed by atoms with van der Waals surface area (Å²) in [5.41, 5.74) is 6.00.